The van der Waals surface area contributed by atoms with Crippen molar-refractivity contribution < 1.29 is 27.1 Å². The number of nitrogens with zero attached hydrogens (tertiary/aromatic N) is 2. The van der Waals surface area contributed by atoms with Crippen molar-refractivity contribution in [2.24, 2.45) is 0 Å². The normalized spacial score (nSPS) is 11.2. The van der Waals surface area contributed by atoms with Gasteiger partial charge in [-0.25, -0.2) is 19.1 Å². The highest BCUT2D eigenvalue weighted by Crippen LogP contribution is 2.34. The van der Waals surface area contributed by atoms with Crippen LogP contribution in [0.5, 0.6) is 17.4 Å². The number of pyridine rings is 2. The van der Waals surface area contributed by atoms with E-state index in [1.165, 1.54) is 42.5 Å². The Morgan fingerprint density at radius 2 is 1.67 bits per heavy atom. The van der Waals surface area contributed by atoms with Crippen LogP contribution in [0.2, 0.25) is 0 Å². The van der Waals surface area contributed by atoms with E-state index in [-0.39, 0.29) is 27.7 Å². The second kappa shape index (κ2) is 11.2. The Bertz CT molecular complexity index is 1650. The maximum Gasteiger partial charge on any atom is 0.281 e. The summed E-state index contributed by atoms with van der Waals surface area (Å²) in [5.74, 6) is -0.815. The van der Waals surface area contributed by atoms with E-state index in [1.807, 2.05) is 44.5 Å². The molecule has 2 aromatic heterocycles. The Morgan fingerprint density at radius 3 is 2.33 bits per heavy atom. The summed E-state index contributed by atoms with van der Waals surface area (Å²) in [6, 6.07) is 15.3. The molecule has 0 unspecified atom stereocenters. The molecule has 0 saturated heterocycles. The van der Waals surface area contributed by atoms with Crippen LogP contribution in [0.4, 0.5) is 4.39 Å². The minimum absolute atomic E-state index is 0.131. The number of carbonyl (C=O) groups is 1. The summed E-state index contributed by atoms with van der Waals surface area (Å²) in [7, 11) is -4.29. The van der Waals surface area contributed by atoms with Gasteiger partial charge in [0, 0.05) is 11.3 Å². The van der Waals surface area contributed by atoms with E-state index in [4.69, 9.17) is 9.47 Å². The van der Waals surface area contributed by atoms with Gasteiger partial charge in [-0.15, -0.1) is 0 Å². The molecular formula is C29H28FN3O5S. The molecule has 202 valence electrons. The quantitative estimate of drug-likeness (QED) is 0.295. The van der Waals surface area contributed by atoms with E-state index >= 15 is 0 Å². The van der Waals surface area contributed by atoms with Crippen molar-refractivity contribution in [1.82, 2.24) is 14.7 Å². The number of rotatable bonds is 8. The van der Waals surface area contributed by atoms with Gasteiger partial charge >= 0.3 is 0 Å². The maximum absolute atomic E-state index is 14.8. The molecule has 1 N–H and O–H groups in total. The van der Waals surface area contributed by atoms with Crippen molar-refractivity contribution >= 4 is 15.9 Å². The Kier molecular flexibility index (Phi) is 7.96. The van der Waals surface area contributed by atoms with E-state index < -0.39 is 21.7 Å². The highest BCUT2D eigenvalue weighted by Gasteiger charge is 2.25. The fourth-order valence-electron chi connectivity index (χ4n) is 4.12. The number of nitrogens with one attached hydrogen (secondary N) is 1. The van der Waals surface area contributed by atoms with Crippen LogP contribution in [-0.2, 0) is 10.0 Å². The first-order valence-electron chi connectivity index (χ1n) is 12.2. The van der Waals surface area contributed by atoms with Crippen LogP contribution in [-0.4, -0.2) is 30.9 Å². The van der Waals surface area contributed by atoms with Gasteiger partial charge in [0.15, 0.2) is 5.03 Å². The van der Waals surface area contributed by atoms with Crippen LogP contribution in [0.1, 0.15) is 39.7 Å². The number of hydrogen-bond donors (Lipinski definition) is 1. The minimum Gasteiger partial charge on any atom is -0.494 e. The molecule has 1 amide bonds. The summed E-state index contributed by atoms with van der Waals surface area (Å²) in [5, 5.41) is -0.303. The number of sulfonamides is 1. The second-order valence-electron chi connectivity index (χ2n) is 9.01. The van der Waals surface area contributed by atoms with E-state index in [0.717, 1.165) is 16.7 Å². The summed E-state index contributed by atoms with van der Waals surface area (Å²) in [5.41, 5.74) is 3.21. The third kappa shape index (κ3) is 6.23. The molecular weight excluding hydrogens is 521 g/mol. The third-order valence-electron chi connectivity index (χ3n) is 5.80. The lowest BCUT2D eigenvalue weighted by molar-refractivity contribution is 0.0978. The number of benzene rings is 2. The van der Waals surface area contributed by atoms with Crippen molar-refractivity contribution in [3.05, 3.63) is 94.4 Å². The molecule has 0 aliphatic heterocycles. The summed E-state index contributed by atoms with van der Waals surface area (Å²) in [4.78, 5) is 21.7. The molecule has 2 heterocycles. The van der Waals surface area contributed by atoms with Crippen LogP contribution >= 0.6 is 0 Å². The van der Waals surface area contributed by atoms with Crippen molar-refractivity contribution in [1.29, 1.82) is 0 Å². The number of amides is 1. The molecule has 4 aromatic rings. The second-order valence-corrected chi connectivity index (χ2v) is 10.6. The number of carbonyl (C=O) groups excluding carboxylic acids is 1. The molecule has 10 heteroatoms. The van der Waals surface area contributed by atoms with E-state index in [2.05, 4.69) is 9.97 Å². The summed E-state index contributed by atoms with van der Waals surface area (Å²) in [6.45, 7) is 9.48. The number of ether oxygens (including phenoxy) is 2. The Hall–Kier alpha value is -4.31. The first-order valence-corrected chi connectivity index (χ1v) is 13.7. The lowest BCUT2D eigenvalue weighted by Crippen LogP contribution is -2.31. The average molecular weight is 550 g/mol. The number of aromatic nitrogens is 2. The largest absolute Gasteiger partial charge is 0.494 e. The molecule has 0 aliphatic rings. The molecule has 8 nitrogen and oxygen atoms in total. The molecule has 39 heavy (non-hydrogen) atoms. The fraction of sp³-hybridized carbons (Fsp3) is 0.207. The van der Waals surface area contributed by atoms with Crippen LogP contribution in [0, 0.1) is 33.5 Å². The predicted molar refractivity (Wildman–Crippen MR) is 145 cm³/mol. The Labute approximate surface area is 226 Å². The molecule has 0 spiro atoms. The van der Waals surface area contributed by atoms with Crippen LogP contribution in [0.3, 0.4) is 0 Å². The van der Waals surface area contributed by atoms with Gasteiger partial charge in [-0.3, -0.25) is 4.79 Å². The third-order valence-corrected chi connectivity index (χ3v) is 7.03. The molecule has 0 fully saturated rings. The van der Waals surface area contributed by atoms with E-state index in [9.17, 15) is 17.6 Å². The first-order chi connectivity index (χ1) is 18.5. The molecule has 4 rings (SSSR count). The van der Waals surface area contributed by atoms with Gasteiger partial charge in [0.1, 0.15) is 22.9 Å². The zero-order chi connectivity index (χ0) is 28.3. The van der Waals surface area contributed by atoms with Gasteiger partial charge < -0.3 is 9.47 Å². The average Bonchev–Trinajstić information content (AvgIpc) is 2.87. The molecule has 2 aromatic carbocycles. The predicted octanol–water partition coefficient (Wildman–Crippen LogP) is 5.83. The smallest absolute Gasteiger partial charge is 0.281 e. The highest BCUT2D eigenvalue weighted by molar-refractivity contribution is 7.90. The molecule has 0 saturated carbocycles. The van der Waals surface area contributed by atoms with Gasteiger partial charge in [-0.05, 0) is 88.2 Å². The van der Waals surface area contributed by atoms with Crippen molar-refractivity contribution in [2.75, 3.05) is 6.61 Å². The number of halogens is 1. The molecule has 0 atom stereocenters. The van der Waals surface area contributed by atoms with Gasteiger partial charge in [-0.2, -0.15) is 8.42 Å². The van der Waals surface area contributed by atoms with E-state index in [1.54, 1.807) is 13.0 Å². The van der Waals surface area contributed by atoms with Crippen LogP contribution in [0.15, 0.2) is 65.7 Å². The van der Waals surface area contributed by atoms with Crippen LogP contribution in [0.25, 0.3) is 11.3 Å². The van der Waals surface area contributed by atoms with Crippen molar-refractivity contribution in [3.63, 3.8) is 0 Å². The molecule has 0 radical (unpaired) electrons. The van der Waals surface area contributed by atoms with E-state index in [0.29, 0.717) is 23.8 Å². The standard InChI is InChI=1S/C29H28FN3O5S/c1-6-37-21-10-12-24(30)23(16-21)25-13-11-22(28(34)33-39(35,36)26-9-7-8-20(5)31-26)29(32-25)38-27-18(3)14-17(2)15-19(27)4/h7-16H,6H2,1-5H3,(H,33,34). The van der Waals surface area contributed by atoms with Gasteiger partial charge in [0.25, 0.3) is 15.9 Å². The number of aryl methyl sites for hydroxylation is 4. The zero-order valence-corrected chi connectivity index (χ0v) is 23.0. The highest BCUT2D eigenvalue weighted by atomic mass is 32.2. The SMILES string of the molecule is CCOc1ccc(F)c(-c2ccc(C(=O)NS(=O)(=O)c3cccc(C)n3)c(Oc3c(C)cc(C)cc3C)n2)c1. The van der Waals surface area contributed by atoms with Crippen molar-refractivity contribution in [2.45, 2.75) is 39.6 Å². The maximum atomic E-state index is 14.8. The monoisotopic (exact) mass is 549 g/mol. The summed E-state index contributed by atoms with van der Waals surface area (Å²) < 4.78 is 54.3. The Morgan fingerprint density at radius 1 is 0.949 bits per heavy atom. The van der Waals surface area contributed by atoms with Gasteiger partial charge in [0.05, 0.1) is 12.3 Å². The van der Waals surface area contributed by atoms with Crippen LogP contribution < -0.4 is 14.2 Å². The lowest BCUT2D eigenvalue weighted by Gasteiger charge is -2.16. The van der Waals surface area contributed by atoms with Gasteiger partial charge in [-0.1, -0.05) is 23.8 Å². The Balaban J connectivity index is 1.81. The molecule has 0 bridgehead atoms. The molecule has 0 aliphatic carbocycles. The zero-order valence-electron chi connectivity index (χ0n) is 22.2. The first kappa shape index (κ1) is 27.7. The summed E-state index contributed by atoms with van der Waals surface area (Å²) in [6.07, 6.45) is 0. The summed E-state index contributed by atoms with van der Waals surface area (Å²) >= 11 is 0. The van der Waals surface area contributed by atoms with Crippen molar-refractivity contribution in [3.8, 4) is 28.6 Å². The fourth-order valence-corrected chi connectivity index (χ4v) is 5.10. The number of hydrogen-bond acceptors (Lipinski definition) is 7. The minimum atomic E-state index is -4.29. The lowest BCUT2D eigenvalue weighted by atomic mass is 10.1. The topological polar surface area (TPSA) is 107 Å². The van der Waals surface area contributed by atoms with Gasteiger partial charge in [0.2, 0.25) is 5.88 Å².